The standard InChI is InChI=1S/C24H22FN3O4/c1-32-19-9-5-17(6-10-19)22(29)20-21(16-3-7-18(25)8-4-16)28(24(31)23(20)30)13-2-12-27-14-11-26-15-27/h3-11,14-15,21,29H,2,12-13H2,1H3/t21-/m1/s1. The Morgan fingerprint density at radius 3 is 2.44 bits per heavy atom. The zero-order valence-electron chi connectivity index (χ0n) is 17.4. The third kappa shape index (κ3) is 4.12. The predicted octanol–water partition coefficient (Wildman–Crippen LogP) is 3.54. The molecule has 0 saturated carbocycles. The molecule has 8 heteroatoms. The van der Waals surface area contributed by atoms with Gasteiger partial charge in [-0.1, -0.05) is 12.1 Å². The summed E-state index contributed by atoms with van der Waals surface area (Å²) < 4.78 is 20.6. The van der Waals surface area contributed by atoms with Crippen molar-refractivity contribution in [2.45, 2.75) is 19.0 Å². The molecule has 0 bridgehead atoms. The topological polar surface area (TPSA) is 84.7 Å². The normalized spacial score (nSPS) is 17.7. The number of imidazole rings is 1. The molecule has 164 valence electrons. The minimum Gasteiger partial charge on any atom is -0.507 e. The fourth-order valence-electron chi connectivity index (χ4n) is 3.85. The lowest BCUT2D eigenvalue weighted by Crippen LogP contribution is -2.31. The molecule has 1 fully saturated rings. The molecule has 1 saturated heterocycles. The molecule has 4 rings (SSSR count). The second-order valence-corrected chi connectivity index (χ2v) is 7.43. The molecule has 1 aromatic heterocycles. The molecule has 1 N–H and O–H groups in total. The highest BCUT2D eigenvalue weighted by atomic mass is 19.1. The summed E-state index contributed by atoms with van der Waals surface area (Å²) in [6.45, 7) is 0.891. The number of benzene rings is 2. The summed E-state index contributed by atoms with van der Waals surface area (Å²) in [7, 11) is 1.53. The molecule has 3 aromatic rings. The Balaban J connectivity index is 1.71. The molecule has 0 unspecified atom stereocenters. The number of hydrogen-bond acceptors (Lipinski definition) is 5. The SMILES string of the molecule is COc1ccc(C(O)=C2C(=O)C(=O)N(CCCn3ccnc3)[C@@H]2c2ccc(F)cc2)cc1. The van der Waals surface area contributed by atoms with Gasteiger partial charge in [0.25, 0.3) is 11.7 Å². The van der Waals surface area contributed by atoms with E-state index < -0.39 is 23.5 Å². The Morgan fingerprint density at radius 2 is 1.81 bits per heavy atom. The molecule has 1 aliphatic heterocycles. The van der Waals surface area contributed by atoms with Crippen LogP contribution in [0.3, 0.4) is 0 Å². The number of aliphatic hydroxyl groups excluding tert-OH is 1. The van der Waals surface area contributed by atoms with Gasteiger partial charge in [0.1, 0.15) is 17.3 Å². The number of ketones is 1. The number of amides is 1. The number of methoxy groups -OCH3 is 1. The van der Waals surface area contributed by atoms with Crippen molar-refractivity contribution in [2.75, 3.05) is 13.7 Å². The first-order valence-electron chi connectivity index (χ1n) is 10.1. The number of ether oxygens (including phenoxy) is 1. The number of aromatic nitrogens is 2. The van der Waals surface area contributed by atoms with Crippen molar-refractivity contribution in [2.24, 2.45) is 0 Å². The number of aliphatic hydroxyl groups is 1. The van der Waals surface area contributed by atoms with Gasteiger partial charge in [0.05, 0.1) is 25.1 Å². The molecule has 0 aliphatic carbocycles. The van der Waals surface area contributed by atoms with E-state index in [-0.39, 0.29) is 17.9 Å². The number of rotatable bonds is 7. The Kier molecular flexibility index (Phi) is 6.02. The summed E-state index contributed by atoms with van der Waals surface area (Å²) in [4.78, 5) is 31.3. The molecule has 2 heterocycles. The highest BCUT2D eigenvalue weighted by Gasteiger charge is 2.45. The van der Waals surface area contributed by atoms with Gasteiger partial charge in [-0.05, 0) is 48.4 Å². The van der Waals surface area contributed by atoms with Crippen LogP contribution in [0.2, 0.25) is 0 Å². The first-order chi connectivity index (χ1) is 15.5. The summed E-state index contributed by atoms with van der Waals surface area (Å²) in [6.07, 6.45) is 5.73. The van der Waals surface area contributed by atoms with Gasteiger partial charge in [-0.3, -0.25) is 9.59 Å². The summed E-state index contributed by atoms with van der Waals surface area (Å²) in [5.74, 6) is -1.58. The maximum absolute atomic E-state index is 13.5. The highest BCUT2D eigenvalue weighted by molar-refractivity contribution is 6.46. The molecule has 1 atom stereocenters. The van der Waals surface area contributed by atoms with Gasteiger partial charge in [-0.25, -0.2) is 9.37 Å². The quantitative estimate of drug-likeness (QED) is 0.349. The lowest BCUT2D eigenvalue weighted by molar-refractivity contribution is -0.139. The van der Waals surface area contributed by atoms with Gasteiger partial charge in [0.2, 0.25) is 0 Å². The minimum atomic E-state index is -0.819. The molecule has 32 heavy (non-hydrogen) atoms. The van der Waals surface area contributed by atoms with E-state index in [1.165, 1.54) is 36.3 Å². The van der Waals surface area contributed by atoms with E-state index in [4.69, 9.17) is 4.74 Å². The zero-order chi connectivity index (χ0) is 22.7. The third-order valence-electron chi connectivity index (χ3n) is 5.46. The van der Waals surface area contributed by atoms with E-state index in [2.05, 4.69) is 4.98 Å². The number of aryl methyl sites for hydroxylation is 1. The Hall–Kier alpha value is -3.94. The summed E-state index contributed by atoms with van der Waals surface area (Å²) in [5.41, 5.74) is 0.909. The van der Waals surface area contributed by atoms with Crippen molar-refractivity contribution in [3.05, 3.63) is 89.8 Å². The fraction of sp³-hybridized carbons (Fsp3) is 0.208. The van der Waals surface area contributed by atoms with Crippen molar-refractivity contribution in [1.82, 2.24) is 14.5 Å². The van der Waals surface area contributed by atoms with Crippen LogP contribution in [0.5, 0.6) is 5.75 Å². The van der Waals surface area contributed by atoms with Crippen LogP contribution in [-0.4, -0.2) is 44.9 Å². The van der Waals surface area contributed by atoms with Crippen LogP contribution < -0.4 is 4.74 Å². The zero-order valence-corrected chi connectivity index (χ0v) is 17.4. The van der Waals surface area contributed by atoms with Gasteiger partial charge in [-0.2, -0.15) is 0 Å². The lowest BCUT2D eigenvalue weighted by atomic mass is 9.95. The van der Waals surface area contributed by atoms with E-state index in [1.807, 2.05) is 10.8 Å². The number of hydrogen-bond donors (Lipinski definition) is 1. The monoisotopic (exact) mass is 435 g/mol. The van der Waals surface area contributed by atoms with E-state index in [0.717, 1.165) is 0 Å². The molecular weight excluding hydrogens is 413 g/mol. The van der Waals surface area contributed by atoms with Crippen molar-refractivity contribution in [3.8, 4) is 5.75 Å². The lowest BCUT2D eigenvalue weighted by Gasteiger charge is -2.25. The van der Waals surface area contributed by atoms with Crippen molar-refractivity contribution in [3.63, 3.8) is 0 Å². The predicted molar refractivity (Wildman–Crippen MR) is 115 cm³/mol. The van der Waals surface area contributed by atoms with Crippen LogP contribution in [0.4, 0.5) is 4.39 Å². The van der Waals surface area contributed by atoms with Crippen molar-refractivity contribution < 1.29 is 23.8 Å². The number of halogens is 1. The van der Waals surface area contributed by atoms with Crippen molar-refractivity contribution >= 4 is 17.4 Å². The van der Waals surface area contributed by atoms with Gasteiger partial charge in [0.15, 0.2) is 0 Å². The molecular formula is C24H22FN3O4. The molecule has 0 spiro atoms. The van der Waals surface area contributed by atoms with Crippen LogP contribution in [0.15, 0.2) is 72.8 Å². The Bertz CT molecular complexity index is 1140. The second-order valence-electron chi connectivity index (χ2n) is 7.43. The van der Waals surface area contributed by atoms with Crippen LogP contribution in [0.25, 0.3) is 5.76 Å². The van der Waals surface area contributed by atoms with Crippen LogP contribution in [0, 0.1) is 5.82 Å². The van der Waals surface area contributed by atoms with Crippen molar-refractivity contribution in [1.29, 1.82) is 0 Å². The van der Waals surface area contributed by atoms with Crippen LogP contribution in [0.1, 0.15) is 23.6 Å². The number of carbonyl (C=O) groups excluding carboxylic acids is 2. The highest BCUT2D eigenvalue weighted by Crippen LogP contribution is 2.39. The van der Waals surface area contributed by atoms with Gasteiger partial charge in [-0.15, -0.1) is 0 Å². The number of Topliss-reactive ketones (excluding diaryl/α,β-unsaturated/α-hetero) is 1. The first kappa shape index (κ1) is 21.3. The number of nitrogens with zero attached hydrogens (tertiary/aromatic N) is 3. The van der Waals surface area contributed by atoms with Gasteiger partial charge < -0.3 is 19.3 Å². The molecule has 2 aromatic carbocycles. The van der Waals surface area contributed by atoms with E-state index in [9.17, 15) is 19.1 Å². The maximum Gasteiger partial charge on any atom is 0.295 e. The molecule has 1 amide bonds. The first-order valence-corrected chi connectivity index (χ1v) is 10.1. The van der Waals surface area contributed by atoms with Gasteiger partial charge in [0, 0.05) is 31.0 Å². The maximum atomic E-state index is 13.5. The summed E-state index contributed by atoms with van der Waals surface area (Å²) in [5, 5.41) is 11.0. The van der Waals surface area contributed by atoms with E-state index >= 15 is 0 Å². The van der Waals surface area contributed by atoms with Crippen LogP contribution >= 0.6 is 0 Å². The minimum absolute atomic E-state index is 0.0191. The van der Waals surface area contributed by atoms with E-state index in [0.29, 0.717) is 29.8 Å². The molecule has 1 aliphatic rings. The Morgan fingerprint density at radius 1 is 1.09 bits per heavy atom. The van der Waals surface area contributed by atoms with E-state index in [1.54, 1.807) is 36.8 Å². The molecule has 7 nitrogen and oxygen atoms in total. The fourth-order valence-corrected chi connectivity index (χ4v) is 3.85. The second kappa shape index (κ2) is 9.05. The summed E-state index contributed by atoms with van der Waals surface area (Å²) >= 11 is 0. The summed E-state index contributed by atoms with van der Waals surface area (Å²) in [6, 6.07) is 11.3. The number of likely N-dealkylation sites (tertiary alicyclic amines) is 1. The Labute approximate surface area is 184 Å². The van der Waals surface area contributed by atoms with Gasteiger partial charge >= 0.3 is 0 Å². The molecule has 0 radical (unpaired) electrons. The smallest absolute Gasteiger partial charge is 0.295 e. The number of carbonyl (C=O) groups is 2. The van der Waals surface area contributed by atoms with Crippen LogP contribution in [-0.2, 0) is 16.1 Å². The largest absolute Gasteiger partial charge is 0.507 e. The third-order valence-corrected chi connectivity index (χ3v) is 5.46. The average molecular weight is 435 g/mol. The average Bonchev–Trinajstić information content (AvgIpc) is 3.41.